The van der Waals surface area contributed by atoms with E-state index in [1.54, 1.807) is 8.61 Å². The second-order valence-corrected chi connectivity index (χ2v) is 8.41. The molecule has 0 aromatic rings. The van der Waals surface area contributed by atoms with Crippen molar-refractivity contribution in [3.8, 4) is 0 Å². The summed E-state index contributed by atoms with van der Waals surface area (Å²) in [5, 5.41) is 3.35. The minimum Gasteiger partial charge on any atom is -0.317 e. The summed E-state index contributed by atoms with van der Waals surface area (Å²) in [6.07, 6.45) is 5.40. The van der Waals surface area contributed by atoms with Crippen molar-refractivity contribution in [3.63, 3.8) is 0 Å². The van der Waals surface area contributed by atoms with E-state index in [0.717, 1.165) is 38.9 Å². The monoisotopic (exact) mass is 317 g/mol. The van der Waals surface area contributed by atoms with Gasteiger partial charge in [-0.25, -0.2) is 0 Å². The normalized spacial score (nSPS) is 24.6. The van der Waals surface area contributed by atoms with E-state index in [4.69, 9.17) is 0 Å². The Hall–Kier alpha value is -0.170. The Morgan fingerprint density at radius 2 is 1.95 bits per heavy atom. The molecule has 0 aromatic heterocycles. The molecule has 21 heavy (non-hydrogen) atoms. The molecule has 0 radical (unpaired) electrons. The highest BCUT2D eigenvalue weighted by atomic mass is 32.2. The second-order valence-electron chi connectivity index (χ2n) is 6.48. The first-order valence-electron chi connectivity index (χ1n) is 8.53. The minimum atomic E-state index is -3.26. The van der Waals surface area contributed by atoms with Crippen molar-refractivity contribution >= 4 is 10.2 Å². The Balaban J connectivity index is 1.97. The standard InChI is InChI=1S/C15H31N3O2S/c1-3-9-17(12-14-7-8-14)21(19,20)18-10-5-6-15(13-18)11-16-4-2/h14-16H,3-13H2,1-2H3. The highest BCUT2D eigenvalue weighted by Gasteiger charge is 2.36. The lowest BCUT2D eigenvalue weighted by Crippen LogP contribution is -2.50. The van der Waals surface area contributed by atoms with Crippen molar-refractivity contribution in [2.24, 2.45) is 11.8 Å². The minimum absolute atomic E-state index is 0.456. The lowest BCUT2D eigenvalue weighted by atomic mass is 10.00. The number of nitrogens with one attached hydrogen (secondary N) is 1. The van der Waals surface area contributed by atoms with Gasteiger partial charge in [-0.2, -0.15) is 17.0 Å². The summed E-state index contributed by atoms with van der Waals surface area (Å²) in [7, 11) is -3.26. The molecule has 124 valence electrons. The van der Waals surface area contributed by atoms with Gasteiger partial charge in [0.15, 0.2) is 0 Å². The van der Waals surface area contributed by atoms with Gasteiger partial charge in [0, 0.05) is 26.2 Å². The van der Waals surface area contributed by atoms with Crippen LogP contribution < -0.4 is 5.32 Å². The summed E-state index contributed by atoms with van der Waals surface area (Å²) in [5.41, 5.74) is 0. The molecule has 0 spiro atoms. The number of hydrogen-bond donors (Lipinski definition) is 1. The van der Waals surface area contributed by atoms with Gasteiger partial charge in [-0.1, -0.05) is 13.8 Å². The fourth-order valence-electron chi connectivity index (χ4n) is 3.05. The molecule has 1 heterocycles. The highest BCUT2D eigenvalue weighted by Crippen LogP contribution is 2.31. The Morgan fingerprint density at radius 3 is 2.57 bits per heavy atom. The molecular weight excluding hydrogens is 286 g/mol. The van der Waals surface area contributed by atoms with Crippen LogP contribution in [0.25, 0.3) is 0 Å². The largest absolute Gasteiger partial charge is 0.317 e. The predicted octanol–water partition coefficient (Wildman–Crippen LogP) is 1.67. The van der Waals surface area contributed by atoms with Crippen LogP contribution in [-0.4, -0.2) is 56.3 Å². The maximum absolute atomic E-state index is 12.9. The number of nitrogens with zero attached hydrogens (tertiary/aromatic N) is 2. The predicted molar refractivity (Wildman–Crippen MR) is 86.3 cm³/mol. The van der Waals surface area contributed by atoms with Crippen LogP contribution in [0.5, 0.6) is 0 Å². The number of rotatable bonds is 9. The average Bonchev–Trinajstić information content (AvgIpc) is 3.29. The van der Waals surface area contributed by atoms with Crippen LogP contribution in [0.4, 0.5) is 0 Å². The summed E-state index contributed by atoms with van der Waals surface area (Å²) < 4.78 is 29.2. The molecule has 2 fully saturated rings. The van der Waals surface area contributed by atoms with E-state index in [0.29, 0.717) is 31.5 Å². The Kier molecular flexibility index (Phi) is 6.47. The van der Waals surface area contributed by atoms with E-state index < -0.39 is 10.2 Å². The first-order chi connectivity index (χ1) is 10.1. The Bertz CT molecular complexity index is 409. The summed E-state index contributed by atoms with van der Waals surface area (Å²) in [4.78, 5) is 0. The van der Waals surface area contributed by atoms with Crippen LogP contribution in [0.1, 0.15) is 46.0 Å². The fourth-order valence-corrected chi connectivity index (χ4v) is 4.95. The lowest BCUT2D eigenvalue weighted by Gasteiger charge is -2.35. The zero-order chi connectivity index (χ0) is 15.3. The number of piperidine rings is 1. The molecule has 6 heteroatoms. The van der Waals surface area contributed by atoms with Gasteiger partial charge in [-0.15, -0.1) is 0 Å². The van der Waals surface area contributed by atoms with Gasteiger partial charge in [0.25, 0.3) is 10.2 Å². The van der Waals surface area contributed by atoms with Crippen molar-refractivity contribution in [2.75, 3.05) is 39.3 Å². The summed E-state index contributed by atoms with van der Waals surface area (Å²) in [6.45, 7) is 8.79. The zero-order valence-electron chi connectivity index (χ0n) is 13.6. The van der Waals surface area contributed by atoms with Crippen molar-refractivity contribution in [1.29, 1.82) is 0 Å². The third kappa shape index (κ3) is 4.91. The molecule has 1 atom stereocenters. The van der Waals surface area contributed by atoms with Gasteiger partial charge < -0.3 is 5.32 Å². The Morgan fingerprint density at radius 1 is 1.19 bits per heavy atom. The third-order valence-corrected chi connectivity index (χ3v) is 6.42. The topological polar surface area (TPSA) is 52.7 Å². The molecule has 0 amide bonds. The molecule has 1 N–H and O–H groups in total. The van der Waals surface area contributed by atoms with Crippen molar-refractivity contribution < 1.29 is 8.42 Å². The van der Waals surface area contributed by atoms with E-state index in [2.05, 4.69) is 19.2 Å². The summed E-state index contributed by atoms with van der Waals surface area (Å²) >= 11 is 0. The van der Waals surface area contributed by atoms with Gasteiger partial charge in [-0.05, 0) is 57.0 Å². The van der Waals surface area contributed by atoms with Gasteiger partial charge in [0.05, 0.1) is 0 Å². The lowest BCUT2D eigenvalue weighted by molar-refractivity contribution is 0.240. The van der Waals surface area contributed by atoms with Crippen LogP contribution in [0.3, 0.4) is 0 Å². The average molecular weight is 317 g/mol. The van der Waals surface area contributed by atoms with Crippen molar-refractivity contribution in [2.45, 2.75) is 46.0 Å². The molecule has 5 nitrogen and oxygen atoms in total. The van der Waals surface area contributed by atoms with Gasteiger partial charge >= 0.3 is 0 Å². The maximum atomic E-state index is 12.9. The van der Waals surface area contributed by atoms with E-state index >= 15 is 0 Å². The molecule has 0 aromatic carbocycles. The molecule has 1 aliphatic carbocycles. The van der Waals surface area contributed by atoms with Crippen molar-refractivity contribution in [1.82, 2.24) is 13.9 Å². The second kappa shape index (κ2) is 7.90. The summed E-state index contributed by atoms with van der Waals surface area (Å²) in [6, 6.07) is 0. The van der Waals surface area contributed by atoms with Crippen LogP contribution in [0.2, 0.25) is 0 Å². The molecule has 2 rings (SSSR count). The molecule has 0 bridgehead atoms. The molecule has 1 aliphatic heterocycles. The smallest absolute Gasteiger partial charge is 0.281 e. The van der Waals surface area contributed by atoms with Crippen LogP contribution in [0.15, 0.2) is 0 Å². The quantitative estimate of drug-likeness (QED) is 0.704. The molecule has 2 aliphatic rings. The fraction of sp³-hybridized carbons (Fsp3) is 1.00. The van der Waals surface area contributed by atoms with E-state index in [1.807, 2.05) is 0 Å². The Labute approximate surface area is 130 Å². The van der Waals surface area contributed by atoms with Crippen LogP contribution >= 0.6 is 0 Å². The van der Waals surface area contributed by atoms with E-state index in [1.165, 1.54) is 12.8 Å². The maximum Gasteiger partial charge on any atom is 0.281 e. The third-order valence-electron chi connectivity index (χ3n) is 4.45. The van der Waals surface area contributed by atoms with E-state index in [9.17, 15) is 8.42 Å². The SMILES string of the molecule is CCCN(CC1CC1)S(=O)(=O)N1CCCC(CNCC)C1. The first-order valence-corrected chi connectivity index (χ1v) is 9.93. The molecule has 1 unspecified atom stereocenters. The first kappa shape index (κ1) is 17.2. The molecular formula is C15H31N3O2S. The van der Waals surface area contributed by atoms with Crippen molar-refractivity contribution in [3.05, 3.63) is 0 Å². The van der Waals surface area contributed by atoms with Gasteiger partial charge in [0.2, 0.25) is 0 Å². The molecule has 1 saturated heterocycles. The number of hydrogen-bond acceptors (Lipinski definition) is 3. The summed E-state index contributed by atoms with van der Waals surface area (Å²) in [5.74, 6) is 1.06. The van der Waals surface area contributed by atoms with Gasteiger partial charge in [-0.3, -0.25) is 0 Å². The van der Waals surface area contributed by atoms with Crippen LogP contribution in [0, 0.1) is 11.8 Å². The zero-order valence-corrected chi connectivity index (χ0v) is 14.4. The van der Waals surface area contributed by atoms with E-state index in [-0.39, 0.29) is 0 Å². The molecule has 1 saturated carbocycles. The van der Waals surface area contributed by atoms with Gasteiger partial charge in [0.1, 0.15) is 0 Å². The van der Waals surface area contributed by atoms with Crippen LogP contribution in [-0.2, 0) is 10.2 Å². The highest BCUT2D eigenvalue weighted by molar-refractivity contribution is 7.86.